The molecule has 1 aliphatic carbocycles. The molecule has 1 fully saturated rings. The Hall–Kier alpha value is -2.81. The smallest absolute Gasteiger partial charge is 0.338 e. The van der Waals surface area contributed by atoms with Crippen LogP contribution in [0.4, 0.5) is 0 Å². The van der Waals surface area contributed by atoms with E-state index in [9.17, 15) is 4.79 Å². The predicted molar refractivity (Wildman–Crippen MR) is 129 cm³/mol. The van der Waals surface area contributed by atoms with Gasteiger partial charge in [-0.3, -0.25) is 0 Å². The van der Waals surface area contributed by atoms with Crippen LogP contribution in [0.3, 0.4) is 0 Å². The highest BCUT2D eigenvalue weighted by molar-refractivity contribution is 5.99. The number of aromatic nitrogens is 1. The zero-order chi connectivity index (χ0) is 22.2. The van der Waals surface area contributed by atoms with E-state index in [2.05, 4.69) is 42.0 Å². The van der Waals surface area contributed by atoms with Crippen LogP contribution in [0.2, 0.25) is 0 Å². The van der Waals surface area contributed by atoms with Crippen molar-refractivity contribution in [3.05, 3.63) is 78.1 Å². The van der Waals surface area contributed by atoms with E-state index in [0.29, 0.717) is 11.5 Å². The van der Waals surface area contributed by atoms with Crippen LogP contribution in [-0.4, -0.2) is 16.1 Å². The summed E-state index contributed by atoms with van der Waals surface area (Å²) in [5.74, 6) is 0.249. The van der Waals surface area contributed by atoms with Crippen molar-refractivity contribution in [2.45, 2.75) is 70.9 Å². The second kappa shape index (κ2) is 8.37. The van der Waals surface area contributed by atoms with Gasteiger partial charge in [-0.05, 0) is 62.8 Å². The number of rotatable bonds is 3. The molecule has 1 aliphatic heterocycles. The third-order valence-corrected chi connectivity index (χ3v) is 6.24. The second-order valence-electron chi connectivity index (χ2n) is 9.69. The first-order chi connectivity index (χ1) is 14.8. The predicted octanol–water partition coefficient (Wildman–Crippen LogP) is 7.34. The molecule has 2 aliphatic rings. The van der Waals surface area contributed by atoms with Crippen molar-refractivity contribution in [3.63, 3.8) is 0 Å². The summed E-state index contributed by atoms with van der Waals surface area (Å²) in [5, 5.41) is 1.24. The number of nitrogens with zero attached hydrogens (tertiary/aromatic N) is 1. The van der Waals surface area contributed by atoms with E-state index in [4.69, 9.17) is 4.74 Å². The van der Waals surface area contributed by atoms with E-state index in [1.165, 1.54) is 48.7 Å². The molecule has 0 spiro atoms. The molecule has 0 atom stereocenters. The third-order valence-electron chi connectivity index (χ3n) is 6.24. The van der Waals surface area contributed by atoms with Gasteiger partial charge in [0, 0.05) is 23.0 Å². The Morgan fingerprint density at radius 1 is 1.19 bits per heavy atom. The normalized spacial score (nSPS) is 18.8. The first-order valence-electron chi connectivity index (χ1n) is 11.4. The average Bonchev–Trinajstić information content (AvgIpc) is 2.95. The highest BCUT2D eigenvalue weighted by Gasteiger charge is 2.29. The maximum Gasteiger partial charge on any atom is 0.338 e. The quantitative estimate of drug-likeness (QED) is 0.491. The van der Waals surface area contributed by atoms with Gasteiger partial charge in [0.1, 0.15) is 5.60 Å². The number of carbonyl (C=O) groups is 1. The molecular weight excluding hydrogens is 382 g/mol. The van der Waals surface area contributed by atoms with Crippen LogP contribution in [0.1, 0.15) is 80.4 Å². The Labute approximate surface area is 185 Å². The molecule has 1 aromatic carbocycles. The number of benzene rings is 1. The molecule has 0 bridgehead atoms. The number of ether oxygens (including phenoxy) is 1. The summed E-state index contributed by atoms with van der Waals surface area (Å²) < 4.78 is 7.98. The first kappa shape index (κ1) is 21.4. The van der Waals surface area contributed by atoms with Crippen LogP contribution in [-0.2, 0) is 11.3 Å². The molecular formula is C28H33NO2. The Kier molecular flexibility index (Phi) is 5.79. The summed E-state index contributed by atoms with van der Waals surface area (Å²) in [6.45, 7) is 14.7. The van der Waals surface area contributed by atoms with E-state index >= 15 is 0 Å². The van der Waals surface area contributed by atoms with Gasteiger partial charge in [-0.25, -0.2) is 4.79 Å². The summed E-state index contributed by atoms with van der Waals surface area (Å²) in [4.78, 5) is 12.8. The van der Waals surface area contributed by atoms with Gasteiger partial charge in [-0.1, -0.05) is 62.8 Å². The SMILES string of the molecule is C=C/C=C1\C(=C)C=CCn2c1c(C1CCCCC1)c1ccc(C(=O)OC(C)(C)C)cc12. The maximum atomic E-state index is 12.8. The molecule has 2 aromatic rings. The molecule has 0 amide bonds. The Bertz CT molecular complexity index is 1100. The fraction of sp³-hybridized carbons (Fsp3) is 0.393. The molecule has 3 heteroatoms. The number of allylic oxidation sites excluding steroid dienone is 6. The van der Waals surface area contributed by atoms with E-state index in [1.54, 1.807) is 0 Å². The third kappa shape index (κ3) is 4.19. The zero-order valence-electron chi connectivity index (χ0n) is 19.0. The highest BCUT2D eigenvalue weighted by atomic mass is 16.6. The molecule has 162 valence electrons. The van der Waals surface area contributed by atoms with Gasteiger partial charge in [-0.2, -0.15) is 0 Å². The molecule has 0 unspecified atom stereocenters. The lowest BCUT2D eigenvalue weighted by Gasteiger charge is -2.24. The van der Waals surface area contributed by atoms with Crippen LogP contribution in [0.25, 0.3) is 16.5 Å². The van der Waals surface area contributed by atoms with E-state index in [1.807, 2.05) is 39.0 Å². The van der Waals surface area contributed by atoms with Crippen LogP contribution in [0.15, 0.2) is 61.2 Å². The summed E-state index contributed by atoms with van der Waals surface area (Å²) in [7, 11) is 0. The number of esters is 1. The van der Waals surface area contributed by atoms with Crippen LogP contribution < -0.4 is 0 Å². The van der Waals surface area contributed by atoms with Crippen molar-refractivity contribution >= 4 is 22.4 Å². The lowest BCUT2D eigenvalue weighted by molar-refractivity contribution is 0.00697. The van der Waals surface area contributed by atoms with Crippen LogP contribution in [0, 0.1) is 0 Å². The Balaban J connectivity index is 1.95. The Morgan fingerprint density at radius 2 is 1.94 bits per heavy atom. The summed E-state index contributed by atoms with van der Waals surface area (Å²) >= 11 is 0. The minimum Gasteiger partial charge on any atom is -0.456 e. The van der Waals surface area contributed by atoms with Gasteiger partial charge >= 0.3 is 5.97 Å². The number of hydrogen-bond acceptors (Lipinski definition) is 2. The van der Waals surface area contributed by atoms with Gasteiger partial charge in [0.2, 0.25) is 0 Å². The summed E-state index contributed by atoms with van der Waals surface area (Å²) in [5.41, 5.74) is 5.94. The molecule has 0 radical (unpaired) electrons. The van der Waals surface area contributed by atoms with Crippen LogP contribution >= 0.6 is 0 Å². The Morgan fingerprint density at radius 3 is 2.61 bits per heavy atom. The lowest BCUT2D eigenvalue weighted by atomic mass is 9.81. The highest BCUT2D eigenvalue weighted by Crippen LogP contribution is 2.44. The minimum absolute atomic E-state index is 0.278. The molecule has 0 saturated heterocycles. The van der Waals surface area contributed by atoms with Crippen molar-refractivity contribution < 1.29 is 9.53 Å². The largest absolute Gasteiger partial charge is 0.456 e. The van der Waals surface area contributed by atoms with Crippen LogP contribution in [0.5, 0.6) is 0 Å². The van der Waals surface area contributed by atoms with Gasteiger partial charge in [-0.15, -0.1) is 0 Å². The monoisotopic (exact) mass is 415 g/mol. The topological polar surface area (TPSA) is 31.2 Å². The maximum absolute atomic E-state index is 12.8. The molecule has 4 rings (SSSR count). The first-order valence-corrected chi connectivity index (χ1v) is 11.4. The van der Waals surface area contributed by atoms with Gasteiger partial charge < -0.3 is 9.30 Å². The second-order valence-corrected chi connectivity index (χ2v) is 9.69. The van der Waals surface area contributed by atoms with E-state index in [-0.39, 0.29) is 5.97 Å². The fourth-order valence-corrected chi connectivity index (χ4v) is 4.97. The van der Waals surface area contributed by atoms with Crippen molar-refractivity contribution in [3.8, 4) is 0 Å². The number of fused-ring (bicyclic) bond motifs is 3. The van der Waals surface area contributed by atoms with Gasteiger partial charge in [0.15, 0.2) is 0 Å². The molecule has 1 aromatic heterocycles. The van der Waals surface area contributed by atoms with Gasteiger partial charge in [0.05, 0.1) is 11.3 Å². The van der Waals surface area contributed by atoms with Crippen molar-refractivity contribution in [2.75, 3.05) is 0 Å². The number of hydrogen-bond donors (Lipinski definition) is 0. The van der Waals surface area contributed by atoms with Gasteiger partial charge in [0.25, 0.3) is 0 Å². The van der Waals surface area contributed by atoms with Crippen molar-refractivity contribution in [1.29, 1.82) is 0 Å². The average molecular weight is 416 g/mol. The lowest BCUT2D eigenvalue weighted by Crippen LogP contribution is -2.23. The standard InChI is InChI=1S/C28H33NO2/c1-6-11-22-19(2)12-10-17-29-24-18-21(27(30)31-28(3,4)5)15-16-23(24)25(26(22)29)20-13-8-7-9-14-20/h6,10-12,15-16,18,20H,1-2,7-9,13-14,17H2,3-5H3/b22-11+. The number of carbonyl (C=O) groups excluding carboxylic acids is 1. The summed E-state index contributed by atoms with van der Waals surface area (Å²) in [6.07, 6.45) is 14.4. The van der Waals surface area contributed by atoms with E-state index in [0.717, 1.165) is 23.2 Å². The fourth-order valence-electron chi connectivity index (χ4n) is 4.97. The molecule has 3 nitrogen and oxygen atoms in total. The van der Waals surface area contributed by atoms with E-state index < -0.39 is 5.60 Å². The van der Waals surface area contributed by atoms with Crippen molar-refractivity contribution in [1.82, 2.24) is 4.57 Å². The molecule has 0 N–H and O–H groups in total. The van der Waals surface area contributed by atoms with Crippen molar-refractivity contribution in [2.24, 2.45) is 0 Å². The summed E-state index contributed by atoms with van der Waals surface area (Å²) in [6, 6.07) is 6.05. The molecule has 1 saturated carbocycles. The molecule has 2 heterocycles. The minimum atomic E-state index is -0.518. The zero-order valence-corrected chi connectivity index (χ0v) is 19.0. The molecule has 31 heavy (non-hydrogen) atoms.